The molecule has 2 aromatic rings. The Labute approximate surface area is 124 Å². The first-order valence-electron chi connectivity index (χ1n) is 7.50. The quantitative estimate of drug-likeness (QED) is 0.935. The molecule has 1 aromatic heterocycles. The highest BCUT2D eigenvalue weighted by molar-refractivity contribution is 5.51. The van der Waals surface area contributed by atoms with Crippen LogP contribution in [0.25, 0.3) is 11.5 Å². The van der Waals surface area contributed by atoms with Gasteiger partial charge in [0.05, 0.1) is 12.6 Å². The van der Waals surface area contributed by atoms with Crippen LogP contribution in [-0.4, -0.2) is 39.4 Å². The second-order valence-electron chi connectivity index (χ2n) is 5.75. The van der Waals surface area contributed by atoms with Gasteiger partial charge >= 0.3 is 0 Å². The molecule has 5 nitrogen and oxygen atoms in total. The lowest BCUT2D eigenvalue weighted by molar-refractivity contribution is 0.0566. The molecule has 1 saturated heterocycles. The lowest BCUT2D eigenvalue weighted by Gasteiger charge is -2.33. The molecule has 1 aromatic carbocycles. The summed E-state index contributed by atoms with van der Waals surface area (Å²) in [6.45, 7) is 4.43. The van der Waals surface area contributed by atoms with Crippen molar-refractivity contribution in [2.75, 3.05) is 13.1 Å². The summed E-state index contributed by atoms with van der Waals surface area (Å²) in [4.78, 5) is 2.28. The van der Waals surface area contributed by atoms with Gasteiger partial charge in [-0.25, -0.2) is 0 Å². The number of aliphatic hydroxyl groups is 1. The van der Waals surface area contributed by atoms with Crippen molar-refractivity contribution in [1.82, 2.24) is 15.1 Å². The van der Waals surface area contributed by atoms with E-state index in [1.54, 1.807) is 0 Å². The van der Waals surface area contributed by atoms with E-state index in [1.165, 1.54) is 0 Å². The van der Waals surface area contributed by atoms with Crippen LogP contribution in [0.2, 0.25) is 0 Å². The number of likely N-dealkylation sites (tertiary alicyclic amines) is 1. The van der Waals surface area contributed by atoms with E-state index in [0.29, 0.717) is 24.2 Å². The number of hydrogen-bond donors (Lipinski definition) is 1. The van der Waals surface area contributed by atoms with Crippen molar-refractivity contribution in [3.05, 3.63) is 36.2 Å². The molecule has 2 atom stereocenters. The molecule has 0 amide bonds. The second-order valence-corrected chi connectivity index (χ2v) is 5.75. The number of aromatic nitrogens is 2. The van der Waals surface area contributed by atoms with Crippen LogP contribution in [-0.2, 0) is 6.54 Å². The predicted molar refractivity (Wildman–Crippen MR) is 79.4 cm³/mol. The third-order valence-corrected chi connectivity index (χ3v) is 4.07. The molecule has 0 spiro atoms. The molecule has 1 aliphatic heterocycles. The fourth-order valence-corrected chi connectivity index (χ4v) is 2.83. The van der Waals surface area contributed by atoms with Crippen molar-refractivity contribution in [3.8, 4) is 11.5 Å². The number of piperidine rings is 1. The van der Waals surface area contributed by atoms with Gasteiger partial charge in [-0.15, -0.1) is 10.2 Å². The molecule has 3 rings (SSSR count). The predicted octanol–water partition coefficient (Wildman–Crippen LogP) is 2.33. The lowest BCUT2D eigenvalue weighted by atomic mass is 9.93. The van der Waals surface area contributed by atoms with Crippen LogP contribution >= 0.6 is 0 Å². The van der Waals surface area contributed by atoms with Gasteiger partial charge in [0.1, 0.15) is 0 Å². The van der Waals surface area contributed by atoms with Gasteiger partial charge in [-0.3, -0.25) is 4.90 Å². The topological polar surface area (TPSA) is 62.4 Å². The molecule has 0 radical (unpaired) electrons. The van der Waals surface area contributed by atoms with Crippen LogP contribution in [0.3, 0.4) is 0 Å². The fraction of sp³-hybridized carbons (Fsp3) is 0.500. The van der Waals surface area contributed by atoms with Crippen LogP contribution in [0.15, 0.2) is 34.7 Å². The number of nitrogens with zero attached hydrogens (tertiary/aromatic N) is 3. The SMILES string of the molecule is CC(O)C1CCCN(Cc2nnc(-c3ccccc3)o2)C1. The van der Waals surface area contributed by atoms with E-state index in [1.807, 2.05) is 37.3 Å². The monoisotopic (exact) mass is 287 g/mol. The van der Waals surface area contributed by atoms with E-state index in [0.717, 1.165) is 31.5 Å². The van der Waals surface area contributed by atoms with Crippen LogP contribution in [0, 0.1) is 5.92 Å². The minimum absolute atomic E-state index is 0.254. The summed E-state index contributed by atoms with van der Waals surface area (Å²) in [7, 11) is 0. The number of benzene rings is 1. The molecular formula is C16H21N3O2. The minimum atomic E-state index is -0.254. The Bertz CT molecular complexity index is 568. The first-order valence-corrected chi connectivity index (χ1v) is 7.50. The van der Waals surface area contributed by atoms with Gasteiger partial charge < -0.3 is 9.52 Å². The van der Waals surface area contributed by atoms with E-state index in [4.69, 9.17) is 4.42 Å². The van der Waals surface area contributed by atoms with E-state index in [9.17, 15) is 5.11 Å². The van der Waals surface area contributed by atoms with E-state index < -0.39 is 0 Å². The molecule has 2 heterocycles. The summed E-state index contributed by atoms with van der Waals surface area (Å²) < 4.78 is 5.74. The van der Waals surface area contributed by atoms with Crippen molar-refractivity contribution in [3.63, 3.8) is 0 Å². The highest BCUT2D eigenvalue weighted by Crippen LogP contribution is 2.22. The minimum Gasteiger partial charge on any atom is -0.419 e. The fourth-order valence-electron chi connectivity index (χ4n) is 2.83. The lowest BCUT2D eigenvalue weighted by Crippen LogP contribution is -2.39. The van der Waals surface area contributed by atoms with E-state index >= 15 is 0 Å². The summed E-state index contributed by atoms with van der Waals surface area (Å²) in [5.41, 5.74) is 0.941. The Morgan fingerprint density at radius 1 is 1.33 bits per heavy atom. The standard InChI is InChI=1S/C16H21N3O2/c1-12(20)14-8-5-9-19(10-14)11-15-17-18-16(21-15)13-6-3-2-4-7-13/h2-4,6-7,12,14,20H,5,8-11H2,1H3. The van der Waals surface area contributed by atoms with Crippen LogP contribution in [0.4, 0.5) is 0 Å². The largest absolute Gasteiger partial charge is 0.419 e. The molecule has 1 fully saturated rings. The molecule has 0 bridgehead atoms. The number of hydrogen-bond acceptors (Lipinski definition) is 5. The zero-order valence-corrected chi connectivity index (χ0v) is 12.3. The maximum atomic E-state index is 9.74. The summed E-state index contributed by atoms with van der Waals surface area (Å²) in [5, 5.41) is 18.0. The third-order valence-electron chi connectivity index (χ3n) is 4.07. The van der Waals surface area contributed by atoms with Gasteiger partial charge in [-0.1, -0.05) is 18.2 Å². The maximum Gasteiger partial charge on any atom is 0.247 e. The van der Waals surface area contributed by atoms with E-state index in [2.05, 4.69) is 15.1 Å². The van der Waals surface area contributed by atoms with Crippen molar-refractivity contribution in [2.24, 2.45) is 5.92 Å². The molecule has 0 saturated carbocycles. The average molecular weight is 287 g/mol. The van der Waals surface area contributed by atoms with Gasteiger partial charge in [0.15, 0.2) is 0 Å². The van der Waals surface area contributed by atoms with Gasteiger partial charge in [0, 0.05) is 12.1 Å². The van der Waals surface area contributed by atoms with Crippen LogP contribution in [0.5, 0.6) is 0 Å². The summed E-state index contributed by atoms with van der Waals surface area (Å²) >= 11 is 0. The molecule has 2 unspecified atom stereocenters. The van der Waals surface area contributed by atoms with Crippen LogP contribution < -0.4 is 0 Å². The van der Waals surface area contributed by atoms with Gasteiger partial charge in [0.2, 0.25) is 11.8 Å². The highest BCUT2D eigenvalue weighted by Gasteiger charge is 2.24. The zero-order valence-electron chi connectivity index (χ0n) is 12.3. The van der Waals surface area contributed by atoms with Gasteiger partial charge in [-0.2, -0.15) is 0 Å². The smallest absolute Gasteiger partial charge is 0.247 e. The molecule has 5 heteroatoms. The summed E-state index contributed by atoms with van der Waals surface area (Å²) in [5.74, 6) is 1.55. The average Bonchev–Trinajstić information content (AvgIpc) is 2.97. The summed E-state index contributed by atoms with van der Waals surface area (Å²) in [6.07, 6.45) is 1.94. The number of aliphatic hydroxyl groups excluding tert-OH is 1. The van der Waals surface area contributed by atoms with E-state index in [-0.39, 0.29) is 6.10 Å². The Balaban J connectivity index is 1.65. The van der Waals surface area contributed by atoms with Gasteiger partial charge in [-0.05, 0) is 44.4 Å². The maximum absolute atomic E-state index is 9.74. The van der Waals surface area contributed by atoms with Crippen molar-refractivity contribution >= 4 is 0 Å². The first-order chi connectivity index (χ1) is 10.2. The normalized spacial score (nSPS) is 21.3. The molecular weight excluding hydrogens is 266 g/mol. The molecule has 1 N–H and O–H groups in total. The molecule has 21 heavy (non-hydrogen) atoms. The Morgan fingerprint density at radius 3 is 2.90 bits per heavy atom. The third kappa shape index (κ3) is 3.49. The molecule has 1 aliphatic rings. The molecule has 0 aliphatic carbocycles. The van der Waals surface area contributed by atoms with Crippen molar-refractivity contribution in [2.45, 2.75) is 32.4 Å². The Kier molecular flexibility index (Phi) is 4.31. The Morgan fingerprint density at radius 2 is 2.14 bits per heavy atom. The second kappa shape index (κ2) is 6.37. The zero-order chi connectivity index (χ0) is 14.7. The molecule has 112 valence electrons. The summed E-state index contributed by atoms with van der Waals surface area (Å²) in [6, 6.07) is 9.79. The first kappa shape index (κ1) is 14.2. The highest BCUT2D eigenvalue weighted by atomic mass is 16.4. The van der Waals surface area contributed by atoms with Crippen molar-refractivity contribution < 1.29 is 9.52 Å². The number of rotatable bonds is 4. The Hall–Kier alpha value is -1.72. The van der Waals surface area contributed by atoms with Crippen molar-refractivity contribution in [1.29, 1.82) is 0 Å². The van der Waals surface area contributed by atoms with Gasteiger partial charge in [0.25, 0.3) is 0 Å². The van der Waals surface area contributed by atoms with Crippen LogP contribution in [0.1, 0.15) is 25.7 Å².